The zero-order valence-electron chi connectivity index (χ0n) is 28.1. The lowest BCUT2D eigenvalue weighted by Crippen LogP contribution is -2.07. The van der Waals surface area contributed by atoms with Gasteiger partial charge in [0.05, 0.1) is 16.9 Å². The van der Waals surface area contributed by atoms with Gasteiger partial charge in [-0.2, -0.15) is 0 Å². The lowest BCUT2D eigenvalue weighted by Gasteiger charge is -2.20. The van der Waals surface area contributed by atoms with Gasteiger partial charge in [-0.3, -0.25) is 0 Å². The molecule has 2 nitrogen and oxygen atoms in total. The van der Waals surface area contributed by atoms with Crippen molar-refractivity contribution in [3.63, 3.8) is 0 Å². The lowest BCUT2D eigenvalue weighted by molar-refractivity contribution is 0.723. The van der Waals surface area contributed by atoms with E-state index in [1.165, 1.54) is 59.9 Å². The molecule has 0 saturated heterocycles. The summed E-state index contributed by atoms with van der Waals surface area (Å²) in [5.74, 6) is 0.442. The van der Waals surface area contributed by atoms with Gasteiger partial charge in [0.1, 0.15) is 0 Å². The van der Waals surface area contributed by atoms with Crippen molar-refractivity contribution in [2.24, 2.45) is 4.99 Å². The Balaban J connectivity index is 0.00000179. The van der Waals surface area contributed by atoms with Gasteiger partial charge in [0.25, 0.3) is 0 Å². The van der Waals surface area contributed by atoms with Gasteiger partial charge in [-0.1, -0.05) is 160 Å². The van der Waals surface area contributed by atoms with E-state index in [0.29, 0.717) is 5.92 Å². The van der Waals surface area contributed by atoms with Gasteiger partial charge < -0.3 is 4.57 Å². The van der Waals surface area contributed by atoms with Gasteiger partial charge in [-0.15, -0.1) is 0 Å². The van der Waals surface area contributed by atoms with E-state index in [-0.39, 0.29) is 0 Å². The molecular weight excluding hydrogens is 601 g/mol. The molecule has 1 aromatic heterocycles. The molecule has 5 aromatic carbocycles. The standard InChI is InChI=1S/C43H34N2S.C2H6/c1-28-15-12-24-37-36-22-10-11-26-39(36)45(41(28)37)34-21-13-20-33(27-34)35-23-14-25-38-40(44-30(3)32-18-8-5-9-19-32)42(46-43(35)38)29(2)31-16-6-4-7-17-31;1-2/h4-14,16-28H,3,15H2,1-2H3;1-2H3/b42-29-,44-40?;. The molecule has 8 rings (SSSR count). The highest BCUT2D eigenvalue weighted by molar-refractivity contribution is 8.05. The fourth-order valence-corrected chi connectivity index (χ4v) is 8.18. The van der Waals surface area contributed by atoms with Crippen LogP contribution in [-0.2, 0) is 0 Å². The van der Waals surface area contributed by atoms with Gasteiger partial charge in [0.2, 0.25) is 0 Å². The molecule has 0 fully saturated rings. The van der Waals surface area contributed by atoms with Crippen molar-refractivity contribution in [2.45, 2.75) is 44.9 Å². The van der Waals surface area contributed by atoms with Crippen molar-refractivity contribution in [1.29, 1.82) is 0 Å². The molecular formula is C45H40N2S. The molecule has 2 heterocycles. The largest absolute Gasteiger partial charge is 0.313 e. The van der Waals surface area contributed by atoms with Crippen LogP contribution >= 0.6 is 11.8 Å². The fourth-order valence-electron chi connectivity index (χ4n) is 6.89. The van der Waals surface area contributed by atoms with Crippen LogP contribution in [0.1, 0.15) is 68.0 Å². The molecule has 1 aliphatic carbocycles. The van der Waals surface area contributed by atoms with Crippen molar-refractivity contribution < 1.29 is 0 Å². The summed E-state index contributed by atoms with van der Waals surface area (Å²) in [7, 11) is 0. The van der Waals surface area contributed by atoms with Crippen LogP contribution in [0.5, 0.6) is 0 Å². The van der Waals surface area contributed by atoms with Crippen molar-refractivity contribution in [3.8, 4) is 16.8 Å². The van der Waals surface area contributed by atoms with E-state index in [1.807, 2.05) is 43.8 Å². The second-order valence-electron chi connectivity index (χ2n) is 12.1. The molecule has 0 amide bonds. The van der Waals surface area contributed by atoms with Crippen LogP contribution in [0.4, 0.5) is 0 Å². The van der Waals surface area contributed by atoms with Crippen molar-refractivity contribution in [2.75, 3.05) is 0 Å². The molecule has 0 saturated carbocycles. The number of fused-ring (bicyclic) bond motifs is 4. The number of rotatable bonds is 5. The van der Waals surface area contributed by atoms with Gasteiger partial charge in [0.15, 0.2) is 0 Å². The number of hydrogen-bond acceptors (Lipinski definition) is 2. The first-order valence-electron chi connectivity index (χ1n) is 16.9. The summed E-state index contributed by atoms with van der Waals surface area (Å²) in [6, 6.07) is 45.4. The van der Waals surface area contributed by atoms with Crippen LogP contribution in [0, 0.1) is 0 Å². The summed E-state index contributed by atoms with van der Waals surface area (Å²) in [6.45, 7) is 12.9. The molecule has 6 aromatic rings. The third-order valence-electron chi connectivity index (χ3n) is 9.20. The van der Waals surface area contributed by atoms with Crippen LogP contribution in [0.3, 0.4) is 0 Å². The maximum absolute atomic E-state index is 5.23. The summed E-state index contributed by atoms with van der Waals surface area (Å²) in [5.41, 5.74) is 14.0. The molecule has 0 bridgehead atoms. The fraction of sp³-hybridized carbons (Fsp3) is 0.133. The number of aliphatic imine (C=N–C) groups is 1. The van der Waals surface area contributed by atoms with Crippen molar-refractivity contribution >= 4 is 45.7 Å². The number of para-hydroxylation sites is 1. The highest BCUT2D eigenvalue weighted by Crippen LogP contribution is 2.49. The van der Waals surface area contributed by atoms with E-state index in [2.05, 4.69) is 146 Å². The van der Waals surface area contributed by atoms with Gasteiger partial charge >= 0.3 is 0 Å². The molecule has 48 heavy (non-hydrogen) atoms. The molecule has 1 aliphatic heterocycles. The number of aromatic nitrogens is 1. The van der Waals surface area contributed by atoms with Gasteiger partial charge in [0, 0.05) is 43.6 Å². The minimum absolute atomic E-state index is 0.442. The third-order valence-corrected chi connectivity index (χ3v) is 10.5. The van der Waals surface area contributed by atoms with Crippen LogP contribution < -0.4 is 0 Å². The number of nitrogens with zero attached hydrogens (tertiary/aromatic N) is 2. The minimum Gasteiger partial charge on any atom is -0.313 e. The third kappa shape index (κ3) is 5.59. The summed E-state index contributed by atoms with van der Waals surface area (Å²) < 4.78 is 2.49. The number of thioether (sulfide) groups is 1. The van der Waals surface area contributed by atoms with Crippen LogP contribution in [0.25, 0.3) is 45.1 Å². The predicted octanol–water partition coefficient (Wildman–Crippen LogP) is 12.8. The Bertz CT molecular complexity index is 2230. The Morgan fingerprint density at radius 1 is 0.771 bits per heavy atom. The summed E-state index contributed by atoms with van der Waals surface area (Å²) >= 11 is 1.83. The van der Waals surface area contributed by atoms with Crippen LogP contribution in [-0.4, -0.2) is 10.3 Å². The molecule has 0 radical (unpaired) electrons. The van der Waals surface area contributed by atoms with Crippen molar-refractivity contribution in [3.05, 3.63) is 173 Å². The molecule has 2 aliphatic rings. The van der Waals surface area contributed by atoms with Gasteiger partial charge in [-0.05, 0) is 59.4 Å². The first-order chi connectivity index (χ1) is 23.6. The number of hydrogen-bond donors (Lipinski definition) is 0. The quantitative estimate of drug-likeness (QED) is 0.183. The van der Waals surface area contributed by atoms with E-state index >= 15 is 0 Å². The minimum atomic E-state index is 0.442. The SMILES string of the molecule is C=C(N=C1/C(=C(\C)c2ccccc2)Sc2c1cccc2-c1cccc(-n2c3c(c4ccccc42)C=CCC3C)c1)c1ccccc1.CC. The average Bonchev–Trinajstić information content (AvgIpc) is 3.69. The van der Waals surface area contributed by atoms with Crippen LogP contribution in [0.15, 0.2) is 155 Å². The topological polar surface area (TPSA) is 17.3 Å². The Hall–Kier alpha value is -5.12. The number of benzene rings is 5. The Morgan fingerprint density at radius 3 is 2.21 bits per heavy atom. The highest BCUT2D eigenvalue weighted by atomic mass is 32.2. The second-order valence-corrected chi connectivity index (χ2v) is 13.1. The maximum atomic E-state index is 5.23. The molecule has 236 valence electrons. The summed E-state index contributed by atoms with van der Waals surface area (Å²) in [6.07, 6.45) is 5.68. The van der Waals surface area contributed by atoms with E-state index in [1.54, 1.807) is 0 Å². The monoisotopic (exact) mass is 640 g/mol. The van der Waals surface area contributed by atoms with Gasteiger partial charge in [-0.25, -0.2) is 4.99 Å². The second kappa shape index (κ2) is 13.5. The smallest absolute Gasteiger partial charge is 0.0863 e. The van der Waals surface area contributed by atoms with Crippen molar-refractivity contribution in [1.82, 2.24) is 4.57 Å². The Labute approximate surface area is 288 Å². The van der Waals surface area contributed by atoms with E-state index in [0.717, 1.165) is 29.0 Å². The number of allylic oxidation sites excluding steroid dienone is 3. The Morgan fingerprint density at radius 2 is 1.44 bits per heavy atom. The van der Waals surface area contributed by atoms with E-state index in [9.17, 15) is 0 Å². The molecule has 0 N–H and O–H groups in total. The Kier molecular flexibility index (Phi) is 8.88. The molecule has 1 atom stereocenters. The average molecular weight is 641 g/mol. The zero-order valence-corrected chi connectivity index (χ0v) is 28.9. The lowest BCUT2D eigenvalue weighted by atomic mass is 9.93. The highest BCUT2D eigenvalue weighted by Gasteiger charge is 2.30. The molecule has 3 heteroatoms. The molecule has 0 spiro atoms. The normalized spacial score (nSPS) is 16.7. The first kappa shape index (κ1) is 31.5. The molecule has 1 unspecified atom stereocenters. The van der Waals surface area contributed by atoms with E-state index in [4.69, 9.17) is 4.99 Å². The first-order valence-corrected chi connectivity index (χ1v) is 17.7. The zero-order chi connectivity index (χ0) is 33.2. The summed E-state index contributed by atoms with van der Waals surface area (Å²) in [5, 5.41) is 1.31. The predicted molar refractivity (Wildman–Crippen MR) is 209 cm³/mol. The summed E-state index contributed by atoms with van der Waals surface area (Å²) in [4.78, 5) is 7.64. The maximum Gasteiger partial charge on any atom is 0.0863 e. The van der Waals surface area contributed by atoms with Crippen LogP contribution in [0.2, 0.25) is 0 Å². The van der Waals surface area contributed by atoms with E-state index < -0.39 is 0 Å².